The summed E-state index contributed by atoms with van der Waals surface area (Å²) >= 11 is 0. The highest BCUT2D eigenvalue weighted by molar-refractivity contribution is 5.41. The fourth-order valence-corrected chi connectivity index (χ4v) is 1.66. The molecule has 17 heavy (non-hydrogen) atoms. The van der Waals surface area contributed by atoms with Crippen LogP contribution in [0.25, 0.3) is 0 Å². The molecule has 1 atom stereocenters. The van der Waals surface area contributed by atoms with Crippen molar-refractivity contribution in [1.29, 1.82) is 0 Å². The topological polar surface area (TPSA) is 29.5 Å². The molecule has 0 amide bonds. The minimum Gasteiger partial charge on any atom is -0.491 e. The van der Waals surface area contributed by atoms with Crippen molar-refractivity contribution in [2.45, 2.75) is 52.6 Å². The minimum absolute atomic E-state index is 0.0541. The summed E-state index contributed by atoms with van der Waals surface area (Å²) in [5.41, 5.74) is 2.48. The molecule has 1 N–H and O–H groups in total. The van der Waals surface area contributed by atoms with Crippen molar-refractivity contribution in [3.05, 3.63) is 29.3 Å². The van der Waals surface area contributed by atoms with Gasteiger partial charge in [-0.25, -0.2) is 0 Å². The summed E-state index contributed by atoms with van der Waals surface area (Å²) < 4.78 is 5.72. The number of aryl methyl sites for hydroxylation is 1. The van der Waals surface area contributed by atoms with Crippen LogP contribution in [-0.4, -0.2) is 17.8 Å². The summed E-state index contributed by atoms with van der Waals surface area (Å²) in [6.07, 6.45) is 0.334. The third kappa shape index (κ3) is 4.04. The number of hydrogen-bond acceptors (Lipinski definition) is 2. The zero-order valence-corrected chi connectivity index (χ0v) is 11.6. The second-order valence-corrected chi connectivity index (χ2v) is 5.62. The first-order chi connectivity index (χ1) is 7.84. The van der Waals surface area contributed by atoms with Crippen LogP contribution in [0, 0.1) is 6.92 Å². The molecule has 0 aliphatic rings. The van der Waals surface area contributed by atoms with E-state index >= 15 is 0 Å². The van der Waals surface area contributed by atoms with Gasteiger partial charge in [-0.3, -0.25) is 0 Å². The molecule has 1 aromatic rings. The lowest BCUT2D eigenvalue weighted by Gasteiger charge is -2.24. The number of hydrogen-bond donors (Lipinski definition) is 1. The largest absolute Gasteiger partial charge is 0.491 e. The summed E-state index contributed by atoms with van der Waals surface area (Å²) in [5, 5.41) is 9.54. The first-order valence-electron chi connectivity index (χ1n) is 6.26. The molecule has 1 aromatic carbocycles. The summed E-state index contributed by atoms with van der Waals surface area (Å²) in [6, 6.07) is 6.20. The Labute approximate surface area is 105 Å². The van der Waals surface area contributed by atoms with E-state index in [0.29, 0.717) is 6.61 Å². The fourth-order valence-electron chi connectivity index (χ4n) is 1.66. The molecule has 0 saturated heterocycles. The highest BCUT2D eigenvalue weighted by Crippen LogP contribution is 2.32. The van der Waals surface area contributed by atoms with E-state index in [1.165, 1.54) is 11.1 Å². The van der Waals surface area contributed by atoms with Crippen LogP contribution in [0.3, 0.4) is 0 Å². The van der Waals surface area contributed by atoms with E-state index in [9.17, 15) is 5.11 Å². The molecule has 2 heteroatoms. The highest BCUT2D eigenvalue weighted by atomic mass is 16.5. The van der Waals surface area contributed by atoms with Crippen LogP contribution in [-0.2, 0) is 5.41 Å². The molecule has 0 saturated carbocycles. The third-order valence-corrected chi connectivity index (χ3v) is 2.85. The Morgan fingerprint density at radius 1 is 1.29 bits per heavy atom. The number of ether oxygens (including phenoxy) is 1. The lowest BCUT2D eigenvalue weighted by molar-refractivity contribution is 0.103. The molecule has 0 radical (unpaired) electrons. The van der Waals surface area contributed by atoms with Gasteiger partial charge in [0, 0.05) is 0 Å². The van der Waals surface area contributed by atoms with Crippen LogP contribution in [0.15, 0.2) is 18.2 Å². The Morgan fingerprint density at radius 3 is 2.47 bits per heavy atom. The van der Waals surface area contributed by atoms with Crippen LogP contribution >= 0.6 is 0 Å². The molecular formula is C15H24O2. The van der Waals surface area contributed by atoms with Crippen molar-refractivity contribution in [3.8, 4) is 5.75 Å². The number of rotatable bonds is 4. The van der Waals surface area contributed by atoms with Gasteiger partial charge in [0.2, 0.25) is 0 Å². The van der Waals surface area contributed by atoms with Gasteiger partial charge in [-0.05, 0) is 30.4 Å². The summed E-state index contributed by atoms with van der Waals surface area (Å²) in [5.74, 6) is 0.885. The highest BCUT2D eigenvalue weighted by Gasteiger charge is 2.19. The van der Waals surface area contributed by atoms with Crippen molar-refractivity contribution in [2.24, 2.45) is 0 Å². The van der Waals surface area contributed by atoms with E-state index < -0.39 is 0 Å². The van der Waals surface area contributed by atoms with E-state index in [4.69, 9.17) is 4.74 Å². The van der Waals surface area contributed by atoms with Gasteiger partial charge < -0.3 is 9.84 Å². The van der Waals surface area contributed by atoms with Gasteiger partial charge in [0.15, 0.2) is 0 Å². The molecule has 0 spiro atoms. The monoisotopic (exact) mass is 236 g/mol. The third-order valence-electron chi connectivity index (χ3n) is 2.85. The van der Waals surface area contributed by atoms with Crippen molar-refractivity contribution >= 4 is 0 Å². The van der Waals surface area contributed by atoms with Crippen molar-refractivity contribution in [2.75, 3.05) is 6.61 Å². The second kappa shape index (κ2) is 5.54. The van der Waals surface area contributed by atoms with Gasteiger partial charge in [0.1, 0.15) is 12.4 Å². The molecule has 0 aliphatic carbocycles. The van der Waals surface area contributed by atoms with Crippen LogP contribution in [0.2, 0.25) is 0 Å². The van der Waals surface area contributed by atoms with Crippen LogP contribution in [0.4, 0.5) is 0 Å². The van der Waals surface area contributed by atoms with Crippen molar-refractivity contribution in [3.63, 3.8) is 0 Å². The van der Waals surface area contributed by atoms with Gasteiger partial charge in [-0.15, -0.1) is 0 Å². The fraction of sp³-hybridized carbons (Fsp3) is 0.600. The maximum absolute atomic E-state index is 9.54. The van der Waals surface area contributed by atoms with Gasteiger partial charge in [-0.2, -0.15) is 0 Å². The molecular weight excluding hydrogens is 212 g/mol. The molecule has 0 aromatic heterocycles. The number of aliphatic hydroxyl groups excluding tert-OH is 1. The smallest absolute Gasteiger partial charge is 0.123 e. The average Bonchev–Trinajstić information content (AvgIpc) is 2.25. The van der Waals surface area contributed by atoms with Gasteiger partial charge in [0.25, 0.3) is 0 Å². The van der Waals surface area contributed by atoms with Crippen molar-refractivity contribution in [1.82, 2.24) is 0 Å². The lowest BCUT2D eigenvalue weighted by atomic mass is 9.85. The Morgan fingerprint density at radius 2 is 1.94 bits per heavy atom. The van der Waals surface area contributed by atoms with E-state index in [0.717, 1.165) is 12.2 Å². The minimum atomic E-state index is -0.385. The van der Waals surface area contributed by atoms with E-state index in [2.05, 4.69) is 33.8 Å². The molecule has 0 bridgehead atoms. The molecule has 0 aliphatic heterocycles. The maximum atomic E-state index is 9.54. The molecule has 96 valence electrons. The number of aliphatic hydroxyl groups is 1. The lowest BCUT2D eigenvalue weighted by Crippen LogP contribution is -2.19. The van der Waals surface area contributed by atoms with Gasteiger partial charge in [-0.1, -0.05) is 45.4 Å². The van der Waals surface area contributed by atoms with Gasteiger partial charge in [0.05, 0.1) is 6.10 Å². The normalized spacial score (nSPS) is 13.5. The SMILES string of the molecule is CCC(O)COc1ccc(C)cc1C(C)(C)C. The summed E-state index contributed by atoms with van der Waals surface area (Å²) in [4.78, 5) is 0. The van der Waals surface area contributed by atoms with Crippen LogP contribution in [0.1, 0.15) is 45.2 Å². The Kier molecular flexibility index (Phi) is 4.58. The first kappa shape index (κ1) is 14.0. The summed E-state index contributed by atoms with van der Waals surface area (Å²) in [7, 11) is 0. The van der Waals surface area contributed by atoms with Crippen LogP contribution in [0.5, 0.6) is 5.75 Å². The average molecular weight is 236 g/mol. The second-order valence-electron chi connectivity index (χ2n) is 5.62. The molecule has 0 fully saturated rings. The standard InChI is InChI=1S/C15H24O2/c1-6-12(16)10-17-14-8-7-11(2)9-13(14)15(3,4)5/h7-9,12,16H,6,10H2,1-5H3. The number of benzene rings is 1. The molecule has 0 heterocycles. The van der Waals surface area contributed by atoms with E-state index in [-0.39, 0.29) is 11.5 Å². The predicted molar refractivity (Wildman–Crippen MR) is 71.7 cm³/mol. The molecule has 1 rings (SSSR count). The Hall–Kier alpha value is -1.02. The Bertz CT molecular complexity index is 364. The van der Waals surface area contributed by atoms with E-state index in [1.807, 2.05) is 19.1 Å². The van der Waals surface area contributed by atoms with Crippen molar-refractivity contribution < 1.29 is 9.84 Å². The molecule has 2 nitrogen and oxygen atoms in total. The van der Waals surface area contributed by atoms with Crippen LogP contribution < -0.4 is 4.74 Å². The predicted octanol–water partition coefficient (Wildman–Crippen LogP) is 3.44. The zero-order chi connectivity index (χ0) is 13.1. The molecule has 1 unspecified atom stereocenters. The van der Waals surface area contributed by atoms with E-state index in [1.54, 1.807) is 0 Å². The summed E-state index contributed by atoms with van der Waals surface area (Å²) in [6.45, 7) is 10.9. The zero-order valence-electron chi connectivity index (χ0n) is 11.6. The quantitative estimate of drug-likeness (QED) is 0.867. The first-order valence-corrected chi connectivity index (χ1v) is 6.26. The van der Waals surface area contributed by atoms with Gasteiger partial charge >= 0.3 is 0 Å². The maximum Gasteiger partial charge on any atom is 0.123 e. The Balaban J connectivity index is 2.91.